The van der Waals surface area contributed by atoms with Crippen LogP contribution < -0.4 is 20.5 Å². The second kappa shape index (κ2) is 9.06. The number of nitrogens with one attached hydrogen (secondary N) is 1. The van der Waals surface area contributed by atoms with Crippen LogP contribution in [0, 0.1) is 10.1 Å². The largest absolute Gasteiger partial charge is 0.493 e. The molecule has 0 aliphatic rings. The molecule has 0 fully saturated rings. The molecule has 1 aromatic carbocycles. The molecule has 0 aromatic heterocycles. The molecule has 9 heteroatoms. The number of hydrogen-bond donors (Lipinski definition) is 2. The summed E-state index contributed by atoms with van der Waals surface area (Å²) in [5.74, 6) is -0.105. The zero-order valence-electron chi connectivity index (χ0n) is 12.6. The first-order chi connectivity index (χ1) is 9.94. The average molecular weight is 334 g/mol. The molecule has 0 aliphatic heterocycles. The highest BCUT2D eigenvalue weighted by Crippen LogP contribution is 2.34. The number of carbonyl (C=O) groups excluding carboxylic acids is 1. The van der Waals surface area contributed by atoms with Gasteiger partial charge in [-0.25, -0.2) is 0 Å². The van der Waals surface area contributed by atoms with Crippen LogP contribution in [0.5, 0.6) is 11.5 Å². The van der Waals surface area contributed by atoms with Crippen LogP contribution >= 0.6 is 12.4 Å². The molecule has 3 N–H and O–H groups in total. The van der Waals surface area contributed by atoms with Gasteiger partial charge in [-0.3, -0.25) is 14.9 Å². The summed E-state index contributed by atoms with van der Waals surface area (Å²) in [6.07, 6.45) is 0. The SMILES string of the molecule is CCOc1cc(C(=O)N[C@@H](C)CN)c([N+](=O)[O-])cc1OC.Cl. The maximum atomic E-state index is 12.1. The number of nitro benzene ring substituents is 1. The zero-order chi connectivity index (χ0) is 16.0. The molecule has 22 heavy (non-hydrogen) atoms. The third kappa shape index (κ3) is 4.74. The van der Waals surface area contributed by atoms with Gasteiger partial charge >= 0.3 is 0 Å². The first kappa shape index (κ1) is 19.9. The van der Waals surface area contributed by atoms with Crippen molar-refractivity contribution in [3.63, 3.8) is 0 Å². The van der Waals surface area contributed by atoms with Gasteiger partial charge in [0.2, 0.25) is 0 Å². The summed E-state index contributed by atoms with van der Waals surface area (Å²) in [4.78, 5) is 22.6. The van der Waals surface area contributed by atoms with E-state index in [1.165, 1.54) is 19.2 Å². The lowest BCUT2D eigenvalue weighted by atomic mass is 10.1. The van der Waals surface area contributed by atoms with Crippen LogP contribution in [-0.2, 0) is 0 Å². The van der Waals surface area contributed by atoms with E-state index in [2.05, 4.69) is 5.32 Å². The number of amides is 1. The fraction of sp³-hybridized carbons (Fsp3) is 0.462. The van der Waals surface area contributed by atoms with E-state index in [0.717, 1.165) is 0 Å². The Hall–Kier alpha value is -2.06. The number of carbonyl (C=O) groups is 1. The predicted octanol–water partition coefficient (Wildman–Crippen LogP) is 1.50. The molecule has 8 nitrogen and oxygen atoms in total. The summed E-state index contributed by atoms with van der Waals surface area (Å²) in [6, 6.07) is 2.18. The molecule has 1 aromatic rings. The maximum absolute atomic E-state index is 12.1. The summed E-state index contributed by atoms with van der Waals surface area (Å²) < 4.78 is 10.4. The molecule has 1 rings (SSSR count). The normalized spacial score (nSPS) is 11.1. The Bertz CT molecular complexity index is 539. The van der Waals surface area contributed by atoms with Gasteiger partial charge in [-0.2, -0.15) is 0 Å². The second-order valence-electron chi connectivity index (χ2n) is 4.32. The van der Waals surface area contributed by atoms with Gasteiger partial charge < -0.3 is 20.5 Å². The number of halogens is 1. The van der Waals surface area contributed by atoms with Crippen LogP contribution in [0.1, 0.15) is 24.2 Å². The fourth-order valence-corrected chi connectivity index (χ4v) is 1.67. The third-order valence-electron chi connectivity index (χ3n) is 2.75. The Labute approximate surface area is 134 Å². The van der Waals surface area contributed by atoms with Crippen molar-refractivity contribution in [3.05, 3.63) is 27.8 Å². The number of nitro groups is 1. The predicted molar refractivity (Wildman–Crippen MR) is 84.0 cm³/mol. The molecule has 0 radical (unpaired) electrons. The van der Waals surface area contributed by atoms with Gasteiger partial charge in [0.1, 0.15) is 5.56 Å². The minimum Gasteiger partial charge on any atom is -0.493 e. The second-order valence-corrected chi connectivity index (χ2v) is 4.32. The van der Waals surface area contributed by atoms with Crippen molar-refractivity contribution in [2.45, 2.75) is 19.9 Å². The first-order valence-corrected chi connectivity index (χ1v) is 6.44. The van der Waals surface area contributed by atoms with Gasteiger partial charge in [-0.15, -0.1) is 12.4 Å². The van der Waals surface area contributed by atoms with Crippen LogP contribution in [0.25, 0.3) is 0 Å². The van der Waals surface area contributed by atoms with E-state index >= 15 is 0 Å². The highest BCUT2D eigenvalue weighted by atomic mass is 35.5. The van der Waals surface area contributed by atoms with Crippen molar-refractivity contribution in [2.75, 3.05) is 20.3 Å². The van der Waals surface area contributed by atoms with Gasteiger partial charge in [0.05, 0.1) is 24.7 Å². The minimum absolute atomic E-state index is 0. The number of hydrogen-bond acceptors (Lipinski definition) is 6. The number of rotatable bonds is 7. The Morgan fingerprint density at radius 2 is 2.09 bits per heavy atom. The Balaban J connectivity index is 0.00000441. The van der Waals surface area contributed by atoms with Crippen LogP contribution in [0.15, 0.2) is 12.1 Å². The van der Waals surface area contributed by atoms with Crippen molar-refractivity contribution in [1.82, 2.24) is 5.32 Å². The smallest absolute Gasteiger partial charge is 0.286 e. The molecule has 0 saturated heterocycles. The summed E-state index contributed by atoms with van der Waals surface area (Å²) in [6.45, 7) is 4.04. The number of ether oxygens (including phenoxy) is 2. The van der Waals surface area contributed by atoms with Crippen LogP contribution in [0.4, 0.5) is 5.69 Å². The van der Waals surface area contributed by atoms with Gasteiger partial charge in [0.15, 0.2) is 11.5 Å². The number of benzene rings is 1. The van der Waals surface area contributed by atoms with E-state index in [1.807, 2.05) is 0 Å². The molecule has 0 aliphatic carbocycles. The molecule has 1 amide bonds. The molecule has 0 spiro atoms. The van der Waals surface area contributed by atoms with Crippen molar-refractivity contribution < 1.29 is 19.2 Å². The minimum atomic E-state index is -0.639. The Morgan fingerprint density at radius 1 is 1.45 bits per heavy atom. The fourth-order valence-electron chi connectivity index (χ4n) is 1.67. The topological polar surface area (TPSA) is 117 Å². The average Bonchev–Trinajstić information content (AvgIpc) is 2.46. The Morgan fingerprint density at radius 3 is 2.55 bits per heavy atom. The van der Waals surface area contributed by atoms with Crippen molar-refractivity contribution in [3.8, 4) is 11.5 Å². The molecule has 0 bridgehead atoms. The quantitative estimate of drug-likeness (QED) is 0.577. The monoisotopic (exact) mass is 333 g/mol. The van der Waals surface area contributed by atoms with E-state index in [1.54, 1.807) is 13.8 Å². The number of nitrogens with two attached hydrogens (primary N) is 1. The summed E-state index contributed by atoms with van der Waals surface area (Å²) in [5, 5.41) is 13.7. The lowest BCUT2D eigenvalue weighted by Crippen LogP contribution is -2.38. The maximum Gasteiger partial charge on any atom is 0.286 e. The summed E-state index contributed by atoms with van der Waals surface area (Å²) in [7, 11) is 1.37. The van der Waals surface area contributed by atoms with Gasteiger partial charge in [0.25, 0.3) is 11.6 Å². The number of nitrogens with zero attached hydrogens (tertiary/aromatic N) is 1. The standard InChI is InChI=1S/C13H19N3O5.ClH/c1-4-21-12-5-9(13(17)15-8(2)7-14)10(16(18)19)6-11(12)20-3;/h5-6,8H,4,7,14H2,1-3H3,(H,15,17);1H/t8-;/m0./s1. The zero-order valence-corrected chi connectivity index (χ0v) is 13.4. The van der Waals surface area contributed by atoms with Gasteiger partial charge in [-0.05, 0) is 13.8 Å². The van der Waals surface area contributed by atoms with E-state index in [-0.39, 0.29) is 47.7 Å². The van der Waals surface area contributed by atoms with Gasteiger partial charge in [-0.1, -0.05) is 0 Å². The summed E-state index contributed by atoms with van der Waals surface area (Å²) >= 11 is 0. The molecule has 0 heterocycles. The molecule has 124 valence electrons. The highest BCUT2D eigenvalue weighted by molar-refractivity contribution is 5.99. The number of methoxy groups -OCH3 is 1. The van der Waals surface area contributed by atoms with E-state index in [4.69, 9.17) is 15.2 Å². The van der Waals surface area contributed by atoms with Crippen molar-refractivity contribution in [2.24, 2.45) is 5.73 Å². The summed E-state index contributed by atoms with van der Waals surface area (Å²) in [5.41, 5.74) is 4.98. The van der Waals surface area contributed by atoms with E-state index in [9.17, 15) is 14.9 Å². The van der Waals surface area contributed by atoms with Crippen LogP contribution in [0.2, 0.25) is 0 Å². The third-order valence-corrected chi connectivity index (χ3v) is 2.75. The van der Waals surface area contributed by atoms with E-state index in [0.29, 0.717) is 6.61 Å². The van der Waals surface area contributed by atoms with Crippen molar-refractivity contribution >= 4 is 24.0 Å². The molecular weight excluding hydrogens is 314 g/mol. The Kier molecular flexibility index (Phi) is 8.21. The molecular formula is C13H20ClN3O5. The van der Waals surface area contributed by atoms with Crippen LogP contribution in [-0.4, -0.2) is 37.1 Å². The first-order valence-electron chi connectivity index (χ1n) is 6.44. The molecule has 1 atom stereocenters. The van der Waals surface area contributed by atoms with Crippen LogP contribution in [0.3, 0.4) is 0 Å². The highest BCUT2D eigenvalue weighted by Gasteiger charge is 2.25. The lowest BCUT2D eigenvalue weighted by Gasteiger charge is -2.14. The molecule has 0 unspecified atom stereocenters. The van der Waals surface area contributed by atoms with E-state index < -0.39 is 10.8 Å². The van der Waals surface area contributed by atoms with Crippen molar-refractivity contribution in [1.29, 1.82) is 0 Å². The molecule has 0 saturated carbocycles. The van der Waals surface area contributed by atoms with Gasteiger partial charge in [0, 0.05) is 18.7 Å². The lowest BCUT2D eigenvalue weighted by molar-refractivity contribution is -0.385.